The highest BCUT2D eigenvalue weighted by Gasteiger charge is 2.20. The topological polar surface area (TPSA) is 46.2 Å². The molecule has 0 unspecified atom stereocenters. The third-order valence-electron chi connectivity index (χ3n) is 1.14. The van der Waals surface area contributed by atoms with Crippen LogP contribution in [0.25, 0.3) is 0 Å². The van der Waals surface area contributed by atoms with E-state index in [9.17, 15) is 14.0 Å². The molecule has 0 aliphatic rings. The maximum atomic E-state index is 12.5. The van der Waals surface area contributed by atoms with Gasteiger partial charge in [0.1, 0.15) is 0 Å². The second-order valence-corrected chi connectivity index (χ2v) is 2.26. The quantitative estimate of drug-likeness (QED) is 0.608. The van der Waals surface area contributed by atoms with E-state index in [2.05, 4.69) is 5.32 Å². The van der Waals surface area contributed by atoms with Gasteiger partial charge in [-0.1, -0.05) is 6.92 Å². The van der Waals surface area contributed by atoms with Crippen molar-refractivity contribution in [3.05, 3.63) is 0 Å². The fourth-order valence-corrected chi connectivity index (χ4v) is 0.522. The van der Waals surface area contributed by atoms with E-state index in [1.165, 1.54) is 0 Å². The smallest absolute Gasteiger partial charge is 0.262 e. The molecule has 0 fully saturated rings. The fraction of sp³-hybridized carbons (Fsp3) is 0.714. The summed E-state index contributed by atoms with van der Waals surface area (Å²) in [5, 5.41) is 2.28. The second kappa shape index (κ2) is 4.82. The Labute approximate surface area is 65.0 Å². The molecule has 1 atom stereocenters. The van der Waals surface area contributed by atoms with Crippen LogP contribution in [0.3, 0.4) is 0 Å². The number of halogens is 1. The summed E-state index contributed by atoms with van der Waals surface area (Å²) < 4.78 is 12.5. The van der Waals surface area contributed by atoms with Crippen LogP contribution in [0.4, 0.5) is 4.39 Å². The van der Waals surface area contributed by atoms with Gasteiger partial charge in [-0.25, -0.2) is 4.39 Å². The van der Waals surface area contributed by atoms with E-state index < -0.39 is 17.9 Å². The molecule has 0 spiro atoms. The highest BCUT2D eigenvalue weighted by atomic mass is 19.1. The van der Waals surface area contributed by atoms with Crippen molar-refractivity contribution >= 4 is 11.7 Å². The lowest BCUT2D eigenvalue weighted by Gasteiger charge is -2.04. The summed E-state index contributed by atoms with van der Waals surface area (Å²) in [6.45, 7) is 3.31. The number of Topliss-reactive ketones (excluding diaryl/α,β-unsaturated/α-hetero) is 1. The standard InChI is InChI=1S/C7H12FNO2/c1-3-4-9-7(11)6(8)5(2)10/h6H,3-4H2,1-2H3,(H,9,11)/t6-/m1/s1. The molecule has 11 heavy (non-hydrogen) atoms. The number of rotatable bonds is 4. The molecule has 0 saturated carbocycles. The van der Waals surface area contributed by atoms with Crippen LogP contribution in [-0.2, 0) is 9.59 Å². The molecule has 0 aliphatic heterocycles. The van der Waals surface area contributed by atoms with Gasteiger partial charge in [-0.2, -0.15) is 0 Å². The first-order valence-corrected chi connectivity index (χ1v) is 3.51. The van der Waals surface area contributed by atoms with Gasteiger partial charge in [0.2, 0.25) is 6.17 Å². The molecule has 3 nitrogen and oxygen atoms in total. The summed E-state index contributed by atoms with van der Waals surface area (Å²) in [7, 11) is 0. The van der Waals surface area contributed by atoms with E-state index in [0.717, 1.165) is 13.3 Å². The predicted molar refractivity (Wildman–Crippen MR) is 38.9 cm³/mol. The summed E-state index contributed by atoms with van der Waals surface area (Å²) in [4.78, 5) is 20.9. The van der Waals surface area contributed by atoms with E-state index in [0.29, 0.717) is 6.54 Å². The maximum absolute atomic E-state index is 12.5. The average molecular weight is 161 g/mol. The molecule has 1 N–H and O–H groups in total. The van der Waals surface area contributed by atoms with Gasteiger partial charge in [0.25, 0.3) is 5.91 Å². The van der Waals surface area contributed by atoms with Gasteiger partial charge in [-0.15, -0.1) is 0 Å². The highest BCUT2D eigenvalue weighted by Crippen LogP contribution is 1.91. The molecule has 0 aromatic heterocycles. The summed E-state index contributed by atoms with van der Waals surface area (Å²) in [5.74, 6) is -1.59. The van der Waals surface area contributed by atoms with Crippen molar-refractivity contribution in [2.75, 3.05) is 6.54 Å². The van der Waals surface area contributed by atoms with Crippen LogP contribution < -0.4 is 5.32 Å². The zero-order valence-electron chi connectivity index (χ0n) is 6.69. The van der Waals surface area contributed by atoms with Crippen LogP contribution >= 0.6 is 0 Å². The van der Waals surface area contributed by atoms with Crippen LogP contribution in [0, 0.1) is 0 Å². The van der Waals surface area contributed by atoms with Crippen molar-refractivity contribution in [3.8, 4) is 0 Å². The Kier molecular flexibility index (Phi) is 4.41. The molecule has 0 aromatic carbocycles. The molecule has 0 heterocycles. The van der Waals surface area contributed by atoms with Gasteiger partial charge in [-0.05, 0) is 13.3 Å². The van der Waals surface area contributed by atoms with E-state index in [1.807, 2.05) is 6.92 Å². The van der Waals surface area contributed by atoms with Gasteiger partial charge in [0, 0.05) is 6.54 Å². The zero-order valence-corrected chi connectivity index (χ0v) is 6.69. The zero-order chi connectivity index (χ0) is 8.85. The first-order valence-electron chi connectivity index (χ1n) is 3.51. The SMILES string of the molecule is CCCNC(=O)[C@H](F)C(C)=O. The fourth-order valence-electron chi connectivity index (χ4n) is 0.522. The number of hydrogen-bond acceptors (Lipinski definition) is 2. The maximum Gasteiger partial charge on any atom is 0.262 e. The Balaban J connectivity index is 3.74. The normalized spacial score (nSPS) is 12.3. The molecule has 0 saturated heterocycles. The minimum Gasteiger partial charge on any atom is -0.353 e. The number of carbonyl (C=O) groups is 2. The molecule has 0 bridgehead atoms. The summed E-state index contributed by atoms with van der Waals surface area (Å²) in [6.07, 6.45) is -1.27. The lowest BCUT2D eigenvalue weighted by molar-refractivity contribution is -0.134. The van der Waals surface area contributed by atoms with E-state index >= 15 is 0 Å². The van der Waals surface area contributed by atoms with Crippen LogP contribution in [0.5, 0.6) is 0 Å². The number of hydrogen-bond donors (Lipinski definition) is 1. The Morgan fingerprint density at radius 3 is 2.45 bits per heavy atom. The molecule has 4 heteroatoms. The van der Waals surface area contributed by atoms with Crippen molar-refractivity contribution in [1.82, 2.24) is 5.32 Å². The molecule has 0 rings (SSSR count). The predicted octanol–water partition coefficient (Wildman–Crippen LogP) is 0.440. The molecule has 0 aromatic rings. The van der Waals surface area contributed by atoms with Crippen LogP contribution in [-0.4, -0.2) is 24.4 Å². The summed E-state index contributed by atoms with van der Waals surface area (Å²) in [6, 6.07) is 0. The van der Waals surface area contributed by atoms with E-state index in [4.69, 9.17) is 0 Å². The van der Waals surface area contributed by atoms with Crippen LogP contribution in [0.15, 0.2) is 0 Å². The van der Waals surface area contributed by atoms with Crippen LogP contribution in [0.2, 0.25) is 0 Å². The van der Waals surface area contributed by atoms with Crippen molar-refractivity contribution in [3.63, 3.8) is 0 Å². The number of alkyl halides is 1. The first-order chi connectivity index (χ1) is 5.09. The largest absolute Gasteiger partial charge is 0.353 e. The molecule has 0 radical (unpaired) electrons. The minimum atomic E-state index is -2.00. The lowest BCUT2D eigenvalue weighted by Crippen LogP contribution is -2.36. The van der Waals surface area contributed by atoms with Gasteiger partial charge in [0.15, 0.2) is 5.78 Å². The van der Waals surface area contributed by atoms with Crippen LogP contribution in [0.1, 0.15) is 20.3 Å². The Hall–Kier alpha value is -0.930. The second-order valence-electron chi connectivity index (χ2n) is 2.26. The minimum absolute atomic E-state index is 0.409. The summed E-state index contributed by atoms with van der Waals surface area (Å²) in [5.41, 5.74) is 0. The average Bonchev–Trinajstić information content (AvgIpc) is 1.98. The van der Waals surface area contributed by atoms with Gasteiger partial charge >= 0.3 is 0 Å². The first kappa shape index (κ1) is 10.1. The number of carbonyl (C=O) groups excluding carboxylic acids is 2. The number of nitrogens with one attached hydrogen (secondary N) is 1. The van der Waals surface area contributed by atoms with Gasteiger partial charge < -0.3 is 5.32 Å². The monoisotopic (exact) mass is 161 g/mol. The van der Waals surface area contributed by atoms with Crippen molar-refractivity contribution in [2.45, 2.75) is 26.4 Å². The Morgan fingerprint density at radius 2 is 2.09 bits per heavy atom. The lowest BCUT2D eigenvalue weighted by atomic mass is 10.2. The highest BCUT2D eigenvalue weighted by molar-refractivity contribution is 6.02. The van der Waals surface area contributed by atoms with E-state index in [1.54, 1.807) is 0 Å². The van der Waals surface area contributed by atoms with E-state index in [-0.39, 0.29) is 0 Å². The van der Waals surface area contributed by atoms with Gasteiger partial charge in [0.05, 0.1) is 0 Å². The Morgan fingerprint density at radius 1 is 1.55 bits per heavy atom. The van der Waals surface area contributed by atoms with Crippen molar-refractivity contribution in [1.29, 1.82) is 0 Å². The molecular weight excluding hydrogens is 149 g/mol. The molecule has 1 amide bonds. The third-order valence-corrected chi connectivity index (χ3v) is 1.14. The molecule has 64 valence electrons. The number of ketones is 1. The van der Waals surface area contributed by atoms with Gasteiger partial charge in [-0.3, -0.25) is 9.59 Å². The Bertz CT molecular complexity index is 159. The van der Waals surface area contributed by atoms with Crippen molar-refractivity contribution in [2.24, 2.45) is 0 Å². The molecular formula is C7H12FNO2. The molecule has 0 aliphatic carbocycles. The number of amides is 1. The third kappa shape index (κ3) is 3.70. The summed E-state index contributed by atoms with van der Waals surface area (Å²) >= 11 is 0. The van der Waals surface area contributed by atoms with Crippen molar-refractivity contribution < 1.29 is 14.0 Å².